The van der Waals surface area contributed by atoms with Crippen LogP contribution in [0.2, 0.25) is 0 Å². The van der Waals surface area contributed by atoms with Gasteiger partial charge >= 0.3 is 0 Å². The Labute approximate surface area is 98.3 Å². The van der Waals surface area contributed by atoms with Crippen LogP contribution in [0, 0.1) is 0 Å². The van der Waals surface area contributed by atoms with Gasteiger partial charge in [0.05, 0.1) is 0 Å². The van der Waals surface area contributed by atoms with Gasteiger partial charge in [-0.3, -0.25) is 10.6 Å². The molecule has 0 aliphatic carbocycles. The van der Waals surface area contributed by atoms with E-state index in [1.165, 1.54) is 25.7 Å². The van der Waals surface area contributed by atoms with Gasteiger partial charge in [-0.15, -0.1) is 0 Å². The molecule has 0 spiro atoms. The van der Waals surface area contributed by atoms with Crippen molar-refractivity contribution in [1.82, 2.24) is 10.6 Å². The largest absolute Gasteiger partial charge is 0.292 e. The van der Waals surface area contributed by atoms with E-state index in [9.17, 15) is 0 Å². The molecule has 2 aliphatic rings. The van der Waals surface area contributed by atoms with Crippen LogP contribution < -0.4 is 10.6 Å². The van der Waals surface area contributed by atoms with Gasteiger partial charge in [0.25, 0.3) is 0 Å². The van der Waals surface area contributed by atoms with Crippen molar-refractivity contribution in [3.63, 3.8) is 0 Å². The first-order valence-corrected chi connectivity index (χ1v) is 6.56. The maximum absolute atomic E-state index is 4.56. The highest BCUT2D eigenvalue weighted by molar-refractivity contribution is 4.87. The molecule has 2 N–H and O–H groups in total. The zero-order chi connectivity index (χ0) is 11.5. The quantitative estimate of drug-likeness (QED) is 0.708. The van der Waals surface area contributed by atoms with Crippen molar-refractivity contribution in [2.45, 2.75) is 63.7 Å². The minimum atomic E-state index is -0.125. The highest BCUT2D eigenvalue weighted by Crippen LogP contribution is 2.25. The van der Waals surface area contributed by atoms with Gasteiger partial charge in [0.2, 0.25) is 0 Å². The molecule has 2 unspecified atom stereocenters. The van der Waals surface area contributed by atoms with Crippen molar-refractivity contribution >= 4 is 0 Å². The lowest BCUT2D eigenvalue weighted by Crippen LogP contribution is -2.47. The first-order valence-electron chi connectivity index (χ1n) is 6.56. The van der Waals surface area contributed by atoms with Crippen LogP contribution in [0.25, 0.3) is 0 Å². The molecule has 2 atom stereocenters. The molecule has 2 saturated heterocycles. The molecular weight excluding hydrogens is 200 g/mol. The number of nitrogens with zero attached hydrogens (tertiary/aromatic N) is 2. The van der Waals surface area contributed by atoms with Crippen LogP contribution in [0.15, 0.2) is 10.2 Å². The van der Waals surface area contributed by atoms with Crippen molar-refractivity contribution in [1.29, 1.82) is 0 Å². The van der Waals surface area contributed by atoms with Crippen molar-refractivity contribution in [3.8, 4) is 0 Å². The van der Waals surface area contributed by atoms with Gasteiger partial charge in [0, 0.05) is 0 Å². The fraction of sp³-hybridized carbons (Fsp3) is 1.00. The Morgan fingerprint density at radius 1 is 0.750 bits per heavy atom. The van der Waals surface area contributed by atoms with Gasteiger partial charge in [-0.1, -0.05) is 0 Å². The van der Waals surface area contributed by atoms with Gasteiger partial charge in [0.15, 0.2) is 0 Å². The Hall–Kier alpha value is -0.480. The van der Waals surface area contributed by atoms with E-state index >= 15 is 0 Å². The third-order valence-corrected chi connectivity index (χ3v) is 3.68. The number of hydrogen-bond donors (Lipinski definition) is 2. The average Bonchev–Trinajstić information content (AvgIpc) is 2.29. The van der Waals surface area contributed by atoms with E-state index in [-0.39, 0.29) is 11.3 Å². The zero-order valence-corrected chi connectivity index (χ0v) is 10.6. The lowest BCUT2D eigenvalue weighted by atomic mass is 10.00. The molecule has 2 fully saturated rings. The standard InChI is InChI=1S/C12H24N4/c1-11(7-3-5-9-13-11)15-16-12(2)8-4-6-10-14-12/h13-14H,3-10H2,1-2H3/b16-15+. The Morgan fingerprint density at radius 3 is 1.50 bits per heavy atom. The van der Waals surface area contributed by atoms with E-state index in [1.807, 2.05) is 0 Å². The molecule has 0 bridgehead atoms. The third kappa shape index (κ3) is 3.01. The Balaban J connectivity index is 1.95. The van der Waals surface area contributed by atoms with Gasteiger partial charge in [-0.2, -0.15) is 10.2 Å². The number of azo groups is 1. The maximum atomic E-state index is 4.56. The summed E-state index contributed by atoms with van der Waals surface area (Å²) in [7, 11) is 0. The van der Waals surface area contributed by atoms with Gasteiger partial charge < -0.3 is 0 Å². The first-order chi connectivity index (χ1) is 7.62. The smallest absolute Gasteiger partial charge is 0.128 e. The Morgan fingerprint density at radius 2 is 1.19 bits per heavy atom. The molecule has 2 rings (SSSR count). The highest BCUT2D eigenvalue weighted by Gasteiger charge is 2.30. The minimum absolute atomic E-state index is 0.125. The summed E-state index contributed by atoms with van der Waals surface area (Å²) in [6, 6.07) is 0. The van der Waals surface area contributed by atoms with Crippen LogP contribution in [0.3, 0.4) is 0 Å². The summed E-state index contributed by atoms with van der Waals surface area (Å²) in [5.41, 5.74) is -0.249. The second kappa shape index (κ2) is 4.80. The lowest BCUT2D eigenvalue weighted by Gasteiger charge is -2.34. The van der Waals surface area contributed by atoms with Crippen molar-refractivity contribution in [2.75, 3.05) is 13.1 Å². The molecule has 0 saturated carbocycles. The summed E-state index contributed by atoms with van der Waals surface area (Å²) in [4.78, 5) is 0. The molecule has 0 aromatic carbocycles. The zero-order valence-electron chi connectivity index (χ0n) is 10.6. The lowest BCUT2D eigenvalue weighted by molar-refractivity contribution is 0.231. The number of nitrogens with one attached hydrogen (secondary N) is 2. The molecule has 0 aromatic heterocycles. The average molecular weight is 224 g/mol. The van der Waals surface area contributed by atoms with E-state index in [2.05, 4.69) is 34.7 Å². The van der Waals surface area contributed by atoms with Gasteiger partial charge in [0.1, 0.15) is 11.3 Å². The van der Waals surface area contributed by atoms with Crippen LogP contribution in [0.1, 0.15) is 52.4 Å². The SMILES string of the molecule is CC1(/N=N/C2(C)CCCCN2)CCCCN1. The fourth-order valence-corrected chi connectivity index (χ4v) is 2.47. The summed E-state index contributed by atoms with van der Waals surface area (Å²) < 4.78 is 0. The van der Waals surface area contributed by atoms with Crippen molar-refractivity contribution in [3.05, 3.63) is 0 Å². The number of piperidine rings is 2. The summed E-state index contributed by atoms with van der Waals surface area (Å²) in [5.74, 6) is 0. The molecule has 0 aromatic rings. The molecule has 0 amide bonds. The molecule has 0 radical (unpaired) electrons. The van der Waals surface area contributed by atoms with Crippen LogP contribution in [0.4, 0.5) is 0 Å². The summed E-state index contributed by atoms with van der Waals surface area (Å²) in [6.45, 7) is 6.45. The van der Waals surface area contributed by atoms with E-state index in [0.29, 0.717) is 0 Å². The minimum Gasteiger partial charge on any atom is -0.292 e. The van der Waals surface area contributed by atoms with Gasteiger partial charge in [-0.25, -0.2) is 0 Å². The van der Waals surface area contributed by atoms with Gasteiger partial charge in [-0.05, 0) is 65.5 Å². The van der Waals surface area contributed by atoms with Crippen molar-refractivity contribution in [2.24, 2.45) is 10.2 Å². The van der Waals surface area contributed by atoms with Crippen LogP contribution in [-0.4, -0.2) is 24.4 Å². The molecule has 4 heteroatoms. The predicted molar refractivity (Wildman–Crippen MR) is 65.4 cm³/mol. The number of rotatable bonds is 2. The monoisotopic (exact) mass is 224 g/mol. The van der Waals surface area contributed by atoms with E-state index in [0.717, 1.165) is 25.9 Å². The van der Waals surface area contributed by atoms with E-state index < -0.39 is 0 Å². The number of hydrogen-bond acceptors (Lipinski definition) is 4. The molecule has 16 heavy (non-hydrogen) atoms. The molecule has 2 heterocycles. The van der Waals surface area contributed by atoms with Crippen molar-refractivity contribution < 1.29 is 0 Å². The normalized spacial score (nSPS) is 41.4. The summed E-state index contributed by atoms with van der Waals surface area (Å²) >= 11 is 0. The highest BCUT2D eigenvalue weighted by atomic mass is 15.3. The topological polar surface area (TPSA) is 48.8 Å². The Kier molecular flexibility index (Phi) is 3.60. The van der Waals surface area contributed by atoms with E-state index in [4.69, 9.17) is 0 Å². The summed E-state index contributed by atoms with van der Waals surface area (Å²) in [5, 5.41) is 16.1. The van der Waals surface area contributed by atoms with Crippen LogP contribution in [-0.2, 0) is 0 Å². The summed E-state index contributed by atoms with van der Waals surface area (Å²) in [6.07, 6.45) is 7.25. The Bertz CT molecular complexity index is 224. The van der Waals surface area contributed by atoms with E-state index in [1.54, 1.807) is 0 Å². The molecular formula is C12H24N4. The predicted octanol–water partition coefficient (Wildman–Crippen LogP) is 2.42. The first kappa shape index (κ1) is 12.0. The third-order valence-electron chi connectivity index (χ3n) is 3.68. The molecule has 2 aliphatic heterocycles. The van der Waals surface area contributed by atoms with Crippen LogP contribution >= 0.6 is 0 Å². The molecule has 92 valence electrons. The maximum Gasteiger partial charge on any atom is 0.128 e. The second-order valence-corrected chi connectivity index (χ2v) is 5.52. The second-order valence-electron chi connectivity index (χ2n) is 5.52. The fourth-order valence-electron chi connectivity index (χ4n) is 2.47. The van der Waals surface area contributed by atoms with Crippen LogP contribution in [0.5, 0.6) is 0 Å². The molecule has 4 nitrogen and oxygen atoms in total.